The van der Waals surface area contributed by atoms with Gasteiger partial charge in [-0.05, 0) is 50.8 Å². The lowest BCUT2D eigenvalue weighted by Crippen LogP contribution is -2.50. The molecule has 1 N–H and O–H groups in total. The molecule has 1 amide bonds. The molecule has 0 bridgehead atoms. The van der Waals surface area contributed by atoms with Crippen molar-refractivity contribution in [3.63, 3.8) is 0 Å². The summed E-state index contributed by atoms with van der Waals surface area (Å²) in [6.07, 6.45) is 4.76. The summed E-state index contributed by atoms with van der Waals surface area (Å²) >= 11 is 0. The molecule has 3 atom stereocenters. The highest BCUT2D eigenvalue weighted by Gasteiger charge is 2.39. The first-order valence-corrected chi connectivity index (χ1v) is 13.3. The van der Waals surface area contributed by atoms with Gasteiger partial charge < -0.3 is 14.7 Å². The summed E-state index contributed by atoms with van der Waals surface area (Å²) in [5.74, 6) is 7.04. The van der Waals surface area contributed by atoms with E-state index in [4.69, 9.17) is 4.74 Å². The van der Waals surface area contributed by atoms with Gasteiger partial charge in [0.1, 0.15) is 16.7 Å². The lowest BCUT2D eigenvalue weighted by atomic mass is 9.84. The molecule has 0 radical (unpaired) electrons. The molecule has 1 aliphatic heterocycles. The Morgan fingerprint density at radius 1 is 1.30 bits per heavy atom. The molecule has 7 nitrogen and oxygen atoms in total. The molecule has 0 unspecified atom stereocenters. The summed E-state index contributed by atoms with van der Waals surface area (Å²) in [7, 11) is -2.09. The maximum absolute atomic E-state index is 13.5. The largest absolute Gasteiger partial charge is 0.487 e. The molecule has 2 aliphatic carbocycles. The van der Waals surface area contributed by atoms with Gasteiger partial charge in [0.05, 0.1) is 13.2 Å². The Labute approximate surface area is 197 Å². The highest BCUT2D eigenvalue weighted by molar-refractivity contribution is 7.89. The minimum atomic E-state index is -3.88. The summed E-state index contributed by atoms with van der Waals surface area (Å²) in [6, 6.07) is 4.38. The second kappa shape index (κ2) is 9.65. The Morgan fingerprint density at radius 2 is 2.03 bits per heavy atom. The fourth-order valence-electron chi connectivity index (χ4n) is 4.26. The van der Waals surface area contributed by atoms with Crippen LogP contribution in [0, 0.1) is 29.6 Å². The SMILES string of the molecule is C[C@@H]1CN([C@@H](C)CO)S(=O)(=O)c2ccc(C#CC3CC3)cc2O[C@H]1CN(C)C(=O)C1CCC1. The van der Waals surface area contributed by atoms with Gasteiger partial charge in [0, 0.05) is 43.0 Å². The number of aliphatic hydroxyl groups is 1. The molecule has 1 aromatic rings. The van der Waals surface area contributed by atoms with Crippen LogP contribution < -0.4 is 4.74 Å². The number of nitrogens with zero attached hydrogens (tertiary/aromatic N) is 2. The molecule has 0 saturated heterocycles. The molecule has 2 saturated carbocycles. The Balaban J connectivity index is 1.68. The highest BCUT2D eigenvalue weighted by atomic mass is 32.2. The van der Waals surface area contributed by atoms with E-state index >= 15 is 0 Å². The van der Waals surface area contributed by atoms with Crippen molar-refractivity contribution in [2.75, 3.05) is 26.7 Å². The molecule has 4 rings (SSSR count). The predicted molar refractivity (Wildman–Crippen MR) is 125 cm³/mol. The van der Waals surface area contributed by atoms with Crippen molar-refractivity contribution in [1.29, 1.82) is 0 Å². The molecule has 1 aromatic carbocycles. The Hall–Kier alpha value is -2.08. The Bertz CT molecular complexity index is 1050. The van der Waals surface area contributed by atoms with E-state index in [-0.39, 0.29) is 41.5 Å². The summed E-state index contributed by atoms with van der Waals surface area (Å²) in [4.78, 5) is 14.5. The zero-order chi connectivity index (χ0) is 23.8. The van der Waals surface area contributed by atoms with Crippen LogP contribution in [0.5, 0.6) is 5.75 Å². The second-order valence-electron chi connectivity index (χ2n) is 9.79. The van der Waals surface area contributed by atoms with Crippen molar-refractivity contribution in [1.82, 2.24) is 9.21 Å². The minimum absolute atomic E-state index is 0.0737. The van der Waals surface area contributed by atoms with E-state index in [1.165, 1.54) is 4.31 Å². The molecular formula is C25H34N2O5S. The molecule has 33 heavy (non-hydrogen) atoms. The average molecular weight is 475 g/mol. The number of carbonyl (C=O) groups is 1. The number of aliphatic hydroxyl groups excluding tert-OH is 1. The summed E-state index contributed by atoms with van der Waals surface area (Å²) in [5, 5.41) is 9.76. The van der Waals surface area contributed by atoms with Crippen molar-refractivity contribution < 1.29 is 23.1 Å². The van der Waals surface area contributed by atoms with E-state index in [0.717, 1.165) is 32.1 Å². The quantitative estimate of drug-likeness (QED) is 0.663. The fraction of sp³-hybridized carbons (Fsp3) is 0.640. The van der Waals surface area contributed by atoms with Gasteiger partial charge in [0.2, 0.25) is 15.9 Å². The van der Waals surface area contributed by atoms with Crippen LogP contribution in [0.4, 0.5) is 0 Å². The number of benzene rings is 1. The van der Waals surface area contributed by atoms with E-state index in [9.17, 15) is 18.3 Å². The van der Waals surface area contributed by atoms with Gasteiger partial charge in [-0.15, -0.1) is 0 Å². The lowest BCUT2D eigenvalue weighted by Gasteiger charge is -2.38. The molecule has 3 aliphatic rings. The van der Waals surface area contributed by atoms with Gasteiger partial charge in [-0.2, -0.15) is 4.31 Å². The molecular weight excluding hydrogens is 440 g/mol. The van der Waals surface area contributed by atoms with Gasteiger partial charge in [-0.1, -0.05) is 25.2 Å². The first-order valence-electron chi connectivity index (χ1n) is 11.9. The maximum atomic E-state index is 13.5. The van der Waals surface area contributed by atoms with E-state index in [1.54, 1.807) is 37.1 Å². The first-order chi connectivity index (χ1) is 15.7. The predicted octanol–water partition coefficient (Wildman–Crippen LogP) is 2.48. The highest BCUT2D eigenvalue weighted by Crippen LogP contribution is 2.35. The summed E-state index contributed by atoms with van der Waals surface area (Å²) < 4.78 is 34.7. The number of carbonyl (C=O) groups excluding carboxylic acids is 1. The third-order valence-corrected chi connectivity index (χ3v) is 8.97. The smallest absolute Gasteiger partial charge is 0.247 e. The van der Waals surface area contributed by atoms with Crippen molar-refractivity contribution in [2.45, 2.75) is 63.0 Å². The van der Waals surface area contributed by atoms with Crippen LogP contribution in [0.2, 0.25) is 0 Å². The normalized spacial score (nSPS) is 25.8. The number of hydrogen-bond acceptors (Lipinski definition) is 5. The van der Waals surface area contributed by atoms with Crippen LogP contribution in [0.1, 0.15) is 51.5 Å². The number of fused-ring (bicyclic) bond motifs is 1. The zero-order valence-electron chi connectivity index (χ0n) is 19.7. The van der Waals surface area contributed by atoms with Crippen LogP contribution in [-0.4, -0.2) is 67.5 Å². The monoisotopic (exact) mass is 474 g/mol. The molecule has 0 aromatic heterocycles. The number of rotatable bonds is 5. The van der Waals surface area contributed by atoms with Crippen molar-refractivity contribution >= 4 is 15.9 Å². The first kappa shape index (κ1) is 24.1. The second-order valence-corrected chi connectivity index (χ2v) is 11.7. The van der Waals surface area contributed by atoms with E-state index < -0.39 is 22.2 Å². The number of ether oxygens (including phenoxy) is 1. The van der Waals surface area contributed by atoms with E-state index in [0.29, 0.717) is 18.0 Å². The van der Waals surface area contributed by atoms with Gasteiger partial charge >= 0.3 is 0 Å². The lowest BCUT2D eigenvalue weighted by molar-refractivity contribution is -0.138. The number of sulfonamides is 1. The van der Waals surface area contributed by atoms with E-state index in [1.807, 2.05) is 6.92 Å². The molecule has 180 valence electrons. The summed E-state index contributed by atoms with van der Waals surface area (Å²) in [6.45, 7) is 3.92. The maximum Gasteiger partial charge on any atom is 0.247 e. The Kier molecular flexibility index (Phi) is 7.04. The van der Waals surface area contributed by atoms with Crippen LogP contribution in [-0.2, 0) is 14.8 Å². The summed E-state index contributed by atoms with van der Waals surface area (Å²) in [5.41, 5.74) is 0.712. The van der Waals surface area contributed by atoms with Gasteiger partial charge in [0.25, 0.3) is 0 Å². The third kappa shape index (κ3) is 5.21. The van der Waals surface area contributed by atoms with Crippen molar-refractivity contribution in [3.8, 4) is 17.6 Å². The molecule has 0 spiro atoms. The van der Waals surface area contributed by atoms with Crippen LogP contribution in [0.3, 0.4) is 0 Å². The standard InChI is InChI=1S/C25H34N2O5S/c1-17-14-27(18(2)16-28)33(30,31)24-12-11-20(10-9-19-7-8-19)13-22(24)32-23(17)15-26(3)25(29)21-5-4-6-21/h11-13,17-19,21,23,28H,4-8,14-16H2,1-3H3/t17-,18+,23+/m1/s1. The fourth-order valence-corrected chi connectivity index (χ4v) is 6.09. The third-order valence-electron chi connectivity index (χ3n) is 6.95. The molecule has 1 heterocycles. The Morgan fingerprint density at radius 3 is 2.64 bits per heavy atom. The number of likely N-dealkylation sites (N-methyl/N-ethyl adjacent to an activating group) is 1. The van der Waals surface area contributed by atoms with Crippen LogP contribution in [0.25, 0.3) is 0 Å². The van der Waals surface area contributed by atoms with E-state index in [2.05, 4.69) is 11.8 Å². The minimum Gasteiger partial charge on any atom is -0.487 e. The number of hydrogen-bond donors (Lipinski definition) is 1. The molecule has 8 heteroatoms. The number of amides is 1. The van der Waals surface area contributed by atoms with Gasteiger partial charge in [0.15, 0.2) is 0 Å². The van der Waals surface area contributed by atoms with Crippen LogP contribution >= 0.6 is 0 Å². The van der Waals surface area contributed by atoms with Gasteiger partial charge in [-0.25, -0.2) is 8.42 Å². The average Bonchev–Trinajstić information content (AvgIpc) is 3.57. The topological polar surface area (TPSA) is 87.2 Å². The van der Waals surface area contributed by atoms with Crippen molar-refractivity contribution in [2.24, 2.45) is 17.8 Å². The van der Waals surface area contributed by atoms with Crippen molar-refractivity contribution in [3.05, 3.63) is 23.8 Å². The zero-order valence-corrected chi connectivity index (χ0v) is 20.5. The molecule has 2 fully saturated rings. The van der Waals surface area contributed by atoms with Gasteiger partial charge in [-0.3, -0.25) is 4.79 Å². The van der Waals surface area contributed by atoms with Crippen LogP contribution in [0.15, 0.2) is 23.1 Å².